The number of methoxy groups -OCH3 is 1. The topological polar surface area (TPSA) is 30.5 Å². The number of hydrogen-bond donors (Lipinski definition) is 1. The van der Waals surface area contributed by atoms with Gasteiger partial charge in [0.2, 0.25) is 0 Å². The highest BCUT2D eigenvalue weighted by molar-refractivity contribution is 6.31. The smallest absolute Gasteiger partial charge is 0.120 e. The van der Waals surface area contributed by atoms with Gasteiger partial charge in [-0.05, 0) is 36.6 Å². The van der Waals surface area contributed by atoms with Crippen molar-refractivity contribution in [2.24, 2.45) is 5.92 Å². The van der Waals surface area contributed by atoms with Crippen LogP contribution in [0, 0.1) is 5.92 Å². The molecule has 0 aliphatic rings. The molecular formula is C15H24ClNO2. The Morgan fingerprint density at radius 1 is 1.26 bits per heavy atom. The van der Waals surface area contributed by atoms with Crippen LogP contribution in [0.4, 0.5) is 0 Å². The Kier molecular flexibility index (Phi) is 7.87. The van der Waals surface area contributed by atoms with Crippen LogP contribution in [0.3, 0.4) is 0 Å². The minimum absolute atomic E-state index is 0.679. The molecule has 1 rings (SSSR count). The number of halogens is 1. The van der Waals surface area contributed by atoms with Crippen molar-refractivity contribution < 1.29 is 9.47 Å². The molecule has 0 atom stereocenters. The van der Waals surface area contributed by atoms with Crippen molar-refractivity contribution in [3.63, 3.8) is 0 Å². The third-order valence-corrected chi connectivity index (χ3v) is 3.10. The quantitative estimate of drug-likeness (QED) is 0.707. The summed E-state index contributed by atoms with van der Waals surface area (Å²) in [6, 6.07) is 5.74. The van der Waals surface area contributed by atoms with E-state index in [-0.39, 0.29) is 0 Å². The molecule has 0 amide bonds. The number of ether oxygens (including phenoxy) is 2. The van der Waals surface area contributed by atoms with Crippen LogP contribution in [0.2, 0.25) is 5.02 Å². The zero-order valence-electron chi connectivity index (χ0n) is 12.0. The van der Waals surface area contributed by atoms with Gasteiger partial charge in [-0.1, -0.05) is 31.5 Å². The van der Waals surface area contributed by atoms with Crippen LogP contribution < -0.4 is 10.1 Å². The summed E-state index contributed by atoms with van der Waals surface area (Å²) in [6.45, 7) is 7.75. The van der Waals surface area contributed by atoms with Gasteiger partial charge < -0.3 is 14.8 Å². The van der Waals surface area contributed by atoms with Crippen molar-refractivity contribution in [3.05, 3.63) is 28.8 Å². The van der Waals surface area contributed by atoms with Crippen molar-refractivity contribution in [1.82, 2.24) is 5.32 Å². The highest BCUT2D eigenvalue weighted by atomic mass is 35.5. The van der Waals surface area contributed by atoms with E-state index in [1.54, 1.807) is 7.11 Å². The second kappa shape index (κ2) is 9.18. The molecule has 0 aliphatic carbocycles. The first-order valence-corrected chi connectivity index (χ1v) is 7.12. The molecule has 0 bridgehead atoms. The summed E-state index contributed by atoms with van der Waals surface area (Å²) in [5, 5.41) is 4.08. The molecule has 0 unspecified atom stereocenters. The van der Waals surface area contributed by atoms with Gasteiger partial charge in [0.1, 0.15) is 5.75 Å². The molecule has 1 aromatic rings. The lowest BCUT2D eigenvalue weighted by atomic mass is 10.1. The van der Waals surface area contributed by atoms with Crippen molar-refractivity contribution in [2.75, 3.05) is 33.4 Å². The summed E-state index contributed by atoms with van der Waals surface area (Å²) in [5.41, 5.74) is 1.10. The van der Waals surface area contributed by atoms with Crippen LogP contribution in [0.15, 0.2) is 18.2 Å². The average molecular weight is 286 g/mol. The first kappa shape index (κ1) is 16.3. The van der Waals surface area contributed by atoms with Gasteiger partial charge in [0.25, 0.3) is 0 Å². The third kappa shape index (κ3) is 6.81. The van der Waals surface area contributed by atoms with E-state index >= 15 is 0 Å². The molecule has 3 nitrogen and oxygen atoms in total. The second-order valence-corrected chi connectivity index (χ2v) is 5.32. The molecule has 0 heterocycles. The SMILES string of the molecule is COc1ccc(CCOCCNCC(C)C)c(Cl)c1. The molecule has 0 aliphatic heterocycles. The summed E-state index contributed by atoms with van der Waals surface area (Å²) < 4.78 is 10.7. The zero-order valence-corrected chi connectivity index (χ0v) is 12.8. The van der Waals surface area contributed by atoms with E-state index in [4.69, 9.17) is 21.1 Å². The van der Waals surface area contributed by atoms with Crippen molar-refractivity contribution in [1.29, 1.82) is 0 Å². The van der Waals surface area contributed by atoms with Crippen molar-refractivity contribution in [2.45, 2.75) is 20.3 Å². The molecule has 0 fully saturated rings. The molecule has 0 saturated carbocycles. The van der Waals surface area contributed by atoms with E-state index in [1.165, 1.54) is 0 Å². The molecule has 0 spiro atoms. The Balaban J connectivity index is 2.15. The average Bonchev–Trinajstić information content (AvgIpc) is 2.38. The number of hydrogen-bond acceptors (Lipinski definition) is 3. The minimum Gasteiger partial charge on any atom is -0.497 e. The molecule has 4 heteroatoms. The number of benzene rings is 1. The Morgan fingerprint density at radius 2 is 2.05 bits per heavy atom. The lowest BCUT2D eigenvalue weighted by molar-refractivity contribution is 0.138. The molecule has 0 saturated heterocycles. The van der Waals surface area contributed by atoms with Gasteiger partial charge in [-0.15, -0.1) is 0 Å². The largest absolute Gasteiger partial charge is 0.497 e. The Bertz CT molecular complexity index is 369. The standard InChI is InChI=1S/C15H24ClNO2/c1-12(2)11-17-7-9-19-8-6-13-4-5-14(18-3)10-15(13)16/h4-5,10,12,17H,6-9,11H2,1-3H3. The van der Waals surface area contributed by atoms with Crippen LogP contribution in [-0.2, 0) is 11.2 Å². The highest BCUT2D eigenvalue weighted by Crippen LogP contribution is 2.22. The maximum absolute atomic E-state index is 6.16. The van der Waals surface area contributed by atoms with Crippen molar-refractivity contribution in [3.8, 4) is 5.75 Å². The number of rotatable bonds is 9. The zero-order chi connectivity index (χ0) is 14.1. The van der Waals surface area contributed by atoms with Crippen LogP contribution in [0.5, 0.6) is 5.75 Å². The molecule has 0 radical (unpaired) electrons. The predicted octanol–water partition coefficient (Wildman–Crippen LogP) is 3.15. The molecule has 108 valence electrons. The van der Waals surface area contributed by atoms with Gasteiger partial charge in [0.05, 0.1) is 20.3 Å². The van der Waals surface area contributed by atoms with Crippen LogP contribution >= 0.6 is 11.6 Å². The van der Waals surface area contributed by atoms with Gasteiger partial charge in [0, 0.05) is 11.6 Å². The van der Waals surface area contributed by atoms with Gasteiger partial charge in [0.15, 0.2) is 0 Å². The predicted molar refractivity (Wildman–Crippen MR) is 80.2 cm³/mol. The molecule has 1 aromatic carbocycles. The summed E-state index contributed by atoms with van der Waals surface area (Å²) in [4.78, 5) is 0. The van der Waals surface area contributed by atoms with E-state index in [1.807, 2.05) is 18.2 Å². The summed E-state index contributed by atoms with van der Waals surface area (Å²) in [5.74, 6) is 1.46. The second-order valence-electron chi connectivity index (χ2n) is 4.92. The van der Waals surface area contributed by atoms with E-state index in [0.717, 1.165) is 42.5 Å². The maximum atomic E-state index is 6.16. The van der Waals surface area contributed by atoms with E-state index in [9.17, 15) is 0 Å². The lowest BCUT2D eigenvalue weighted by Crippen LogP contribution is -2.24. The van der Waals surface area contributed by atoms with E-state index < -0.39 is 0 Å². The fraction of sp³-hybridized carbons (Fsp3) is 0.600. The lowest BCUT2D eigenvalue weighted by Gasteiger charge is -2.09. The highest BCUT2D eigenvalue weighted by Gasteiger charge is 2.02. The number of nitrogens with one attached hydrogen (secondary N) is 1. The summed E-state index contributed by atoms with van der Waals surface area (Å²) in [6.07, 6.45) is 0.826. The van der Waals surface area contributed by atoms with Gasteiger partial charge in [-0.3, -0.25) is 0 Å². The molecular weight excluding hydrogens is 262 g/mol. The first-order chi connectivity index (χ1) is 9.13. The first-order valence-electron chi connectivity index (χ1n) is 6.74. The van der Waals surface area contributed by atoms with Crippen molar-refractivity contribution >= 4 is 11.6 Å². The van der Waals surface area contributed by atoms with Gasteiger partial charge in [-0.25, -0.2) is 0 Å². The molecule has 0 aromatic heterocycles. The summed E-state index contributed by atoms with van der Waals surface area (Å²) >= 11 is 6.16. The molecule has 1 N–H and O–H groups in total. The Labute approximate surface area is 121 Å². The normalized spacial score (nSPS) is 11.0. The van der Waals surface area contributed by atoms with Crippen LogP contribution in [0.1, 0.15) is 19.4 Å². The Hall–Kier alpha value is -0.770. The Morgan fingerprint density at radius 3 is 2.68 bits per heavy atom. The van der Waals surface area contributed by atoms with E-state index in [0.29, 0.717) is 12.5 Å². The van der Waals surface area contributed by atoms with Gasteiger partial charge >= 0.3 is 0 Å². The monoisotopic (exact) mass is 285 g/mol. The fourth-order valence-corrected chi connectivity index (χ4v) is 1.94. The fourth-order valence-electron chi connectivity index (χ4n) is 1.68. The van der Waals surface area contributed by atoms with Crippen LogP contribution in [-0.4, -0.2) is 33.4 Å². The van der Waals surface area contributed by atoms with E-state index in [2.05, 4.69) is 19.2 Å². The molecule has 19 heavy (non-hydrogen) atoms. The third-order valence-electron chi connectivity index (χ3n) is 2.75. The maximum Gasteiger partial charge on any atom is 0.120 e. The minimum atomic E-state index is 0.679. The van der Waals surface area contributed by atoms with Crippen LogP contribution in [0.25, 0.3) is 0 Å². The van der Waals surface area contributed by atoms with Gasteiger partial charge in [-0.2, -0.15) is 0 Å². The summed E-state index contributed by atoms with van der Waals surface area (Å²) in [7, 11) is 1.64.